The highest BCUT2D eigenvalue weighted by Crippen LogP contribution is 2.26. The van der Waals surface area contributed by atoms with Crippen molar-refractivity contribution in [2.45, 2.75) is 38.1 Å². The lowest BCUT2D eigenvalue weighted by molar-refractivity contribution is -0.120. The number of benzene rings is 1. The van der Waals surface area contributed by atoms with Gasteiger partial charge in [0.25, 0.3) is 0 Å². The van der Waals surface area contributed by atoms with Crippen molar-refractivity contribution in [3.8, 4) is 5.75 Å². The minimum Gasteiger partial charge on any atom is -0.493 e. The average Bonchev–Trinajstić information content (AvgIpc) is 2.95. The first kappa shape index (κ1) is 14.5. The van der Waals surface area contributed by atoms with Crippen molar-refractivity contribution in [3.05, 3.63) is 29.3 Å². The first-order chi connectivity index (χ1) is 10.2. The van der Waals surface area contributed by atoms with Gasteiger partial charge in [-0.1, -0.05) is 12.1 Å². The van der Waals surface area contributed by atoms with Gasteiger partial charge in [0.2, 0.25) is 0 Å². The molecule has 0 aliphatic carbocycles. The van der Waals surface area contributed by atoms with Gasteiger partial charge in [0.05, 0.1) is 13.2 Å². The fraction of sp³-hybridized carbons (Fsp3) is 0.588. The van der Waals surface area contributed by atoms with Crippen LogP contribution >= 0.6 is 0 Å². The highest BCUT2D eigenvalue weighted by molar-refractivity contribution is 5.80. The Morgan fingerprint density at radius 2 is 2.14 bits per heavy atom. The number of Topliss-reactive ketones (excluding diaryl/α,β-unsaturated/α-hetero) is 1. The standard InChI is InChI=1S/C17H24N2O2/c18-15-5-8-19(9-6-15)12-16(20)3-1-13-2-4-17-14(11-13)7-10-21-17/h2,4,11,15H,1,3,5-10,12,18H2. The number of carbonyl (C=O) groups is 1. The maximum atomic E-state index is 12.1. The Bertz CT molecular complexity index is 508. The van der Waals surface area contributed by atoms with Crippen LogP contribution in [0.3, 0.4) is 0 Å². The Labute approximate surface area is 126 Å². The maximum Gasteiger partial charge on any atom is 0.147 e. The quantitative estimate of drug-likeness (QED) is 0.893. The van der Waals surface area contributed by atoms with E-state index in [1.165, 1.54) is 11.1 Å². The molecule has 0 spiro atoms. The Kier molecular flexibility index (Phi) is 4.56. The van der Waals surface area contributed by atoms with Crippen LogP contribution in [0.2, 0.25) is 0 Å². The van der Waals surface area contributed by atoms with Crippen LogP contribution in [0.1, 0.15) is 30.4 Å². The number of nitrogens with two attached hydrogens (primary N) is 1. The van der Waals surface area contributed by atoms with Crippen LogP contribution in [0.15, 0.2) is 18.2 Å². The predicted octanol–water partition coefficient (Wildman–Crippen LogP) is 1.55. The zero-order valence-electron chi connectivity index (χ0n) is 12.5. The van der Waals surface area contributed by atoms with Crippen LogP contribution in [0.5, 0.6) is 5.75 Å². The van der Waals surface area contributed by atoms with Gasteiger partial charge in [-0.2, -0.15) is 0 Å². The van der Waals surface area contributed by atoms with E-state index in [-0.39, 0.29) is 0 Å². The zero-order valence-corrected chi connectivity index (χ0v) is 12.5. The molecule has 0 radical (unpaired) electrons. The lowest BCUT2D eigenvalue weighted by Crippen LogP contribution is -2.41. The first-order valence-electron chi connectivity index (χ1n) is 7.95. The molecule has 0 unspecified atom stereocenters. The van der Waals surface area contributed by atoms with Gasteiger partial charge in [-0.3, -0.25) is 9.69 Å². The number of aryl methyl sites for hydroxylation is 1. The van der Waals surface area contributed by atoms with Crippen molar-refractivity contribution in [1.29, 1.82) is 0 Å². The minimum absolute atomic E-state index is 0.324. The summed E-state index contributed by atoms with van der Waals surface area (Å²) in [4.78, 5) is 14.3. The van der Waals surface area contributed by atoms with Crippen LogP contribution in [0.4, 0.5) is 0 Å². The predicted molar refractivity (Wildman–Crippen MR) is 82.6 cm³/mol. The smallest absolute Gasteiger partial charge is 0.147 e. The molecule has 1 aromatic carbocycles. The minimum atomic E-state index is 0.324. The zero-order chi connectivity index (χ0) is 14.7. The number of hydrogen-bond acceptors (Lipinski definition) is 4. The fourth-order valence-electron chi connectivity index (χ4n) is 3.12. The van der Waals surface area contributed by atoms with Gasteiger partial charge < -0.3 is 10.5 Å². The summed E-state index contributed by atoms with van der Waals surface area (Å²) in [5.74, 6) is 1.34. The Balaban J connectivity index is 1.45. The Morgan fingerprint density at radius 1 is 1.33 bits per heavy atom. The second kappa shape index (κ2) is 6.58. The Hall–Kier alpha value is -1.39. The summed E-state index contributed by atoms with van der Waals surface area (Å²) >= 11 is 0. The molecule has 0 amide bonds. The SMILES string of the molecule is NC1CCN(CC(=O)CCc2ccc3c(c2)CCO3)CC1. The van der Waals surface area contributed by atoms with Crippen molar-refractivity contribution in [3.63, 3.8) is 0 Å². The van der Waals surface area contributed by atoms with E-state index in [0.717, 1.165) is 51.1 Å². The molecule has 2 aliphatic heterocycles. The number of fused-ring (bicyclic) bond motifs is 1. The lowest BCUT2D eigenvalue weighted by atomic mass is 10.0. The van der Waals surface area contributed by atoms with E-state index in [1.807, 2.05) is 6.07 Å². The highest BCUT2D eigenvalue weighted by atomic mass is 16.5. The summed E-state index contributed by atoms with van der Waals surface area (Å²) in [7, 11) is 0. The molecule has 0 bridgehead atoms. The molecule has 2 N–H and O–H groups in total. The molecule has 1 saturated heterocycles. The van der Waals surface area contributed by atoms with Crippen LogP contribution in [0.25, 0.3) is 0 Å². The molecule has 0 atom stereocenters. The second-order valence-corrected chi connectivity index (χ2v) is 6.19. The summed E-state index contributed by atoms with van der Waals surface area (Å²) in [6.07, 6.45) is 4.48. The van der Waals surface area contributed by atoms with Crippen LogP contribution in [-0.4, -0.2) is 43.0 Å². The number of nitrogens with zero attached hydrogens (tertiary/aromatic N) is 1. The molecule has 2 aliphatic rings. The van der Waals surface area contributed by atoms with Gasteiger partial charge >= 0.3 is 0 Å². The molecule has 21 heavy (non-hydrogen) atoms. The number of piperidine rings is 1. The monoisotopic (exact) mass is 288 g/mol. The molecule has 4 nitrogen and oxygen atoms in total. The topological polar surface area (TPSA) is 55.6 Å². The van der Waals surface area contributed by atoms with Crippen LogP contribution in [-0.2, 0) is 17.6 Å². The molecule has 0 saturated carbocycles. The summed E-state index contributed by atoms with van der Waals surface area (Å²) in [6.45, 7) is 3.29. The number of hydrogen-bond donors (Lipinski definition) is 1. The second-order valence-electron chi connectivity index (χ2n) is 6.19. The van der Waals surface area contributed by atoms with Crippen molar-refractivity contribution in [2.75, 3.05) is 26.2 Å². The molecule has 0 aromatic heterocycles. The third kappa shape index (κ3) is 3.83. The van der Waals surface area contributed by atoms with Crippen molar-refractivity contribution >= 4 is 5.78 Å². The third-order valence-electron chi connectivity index (χ3n) is 4.48. The number of ether oxygens (including phenoxy) is 1. The normalized spacial score (nSPS) is 19.3. The molecular formula is C17H24N2O2. The number of carbonyl (C=O) groups excluding carboxylic acids is 1. The van der Waals surface area contributed by atoms with Crippen molar-refractivity contribution in [2.24, 2.45) is 5.73 Å². The molecule has 3 rings (SSSR count). The lowest BCUT2D eigenvalue weighted by Gasteiger charge is -2.29. The van der Waals surface area contributed by atoms with Crippen LogP contribution in [0, 0.1) is 0 Å². The number of rotatable bonds is 5. The van der Waals surface area contributed by atoms with Gasteiger partial charge in [-0.15, -0.1) is 0 Å². The molecule has 114 valence electrons. The average molecular weight is 288 g/mol. The van der Waals surface area contributed by atoms with Gasteiger partial charge in [-0.25, -0.2) is 0 Å². The van der Waals surface area contributed by atoms with Gasteiger partial charge in [0.1, 0.15) is 11.5 Å². The number of ketones is 1. The van der Waals surface area contributed by atoms with E-state index in [4.69, 9.17) is 10.5 Å². The van der Waals surface area contributed by atoms with Crippen molar-refractivity contribution < 1.29 is 9.53 Å². The van der Waals surface area contributed by atoms with E-state index in [1.54, 1.807) is 0 Å². The Morgan fingerprint density at radius 3 is 2.95 bits per heavy atom. The molecule has 2 heterocycles. The van der Waals surface area contributed by atoms with Gasteiger partial charge in [0.15, 0.2) is 0 Å². The van der Waals surface area contributed by atoms with Crippen LogP contribution < -0.4 is 10.5 Å². The first-order valence-corrected chi connectivity index (χ1v) is 7.95. The third-order valence-corrected chi connectivity index (χ3v) is 4.48. The van der Waals surface area contributed by atoms with E-state index in [0.29, 0.717) is 24.8 Å². The molecule has 4 heteroatoms. The summed E-state index contributed by atoms with van der Waals surface area (Å²) in [5.41, 5.74) is 8.41. The summed E-state index contributed by atoms with van der Waals surface area (Å²) in [5, 5.41) is 0. The molecular weight excluding hydrogens is 264 g/mol. The van der Waals surface area contributed by atoms with E-state index < -0.39 is 0 Å². The van der Waals surface area contributed by atoms with E-state index in [9.17, 15) is 4.79 Å². The largest absolute Gasteiger partial charge is 0.493 e. The highest BCUT2D eigenvalue weighted by Gasteiger charge is 2.18. The van der Waals surface area contributed by atoms with Gasteiger partial charge in [-0.05, 0) is 36.5 Å². The fourth-order valence-corrected chi connectivity index (χ4v) is 3.12. The van der Waals surface area contributed by atoms with E-state index in [2.05, 4.69) is 17.0 Å². The summed E-state index contributed by atoms with van der Waals surface area (Å²) < 4.78 is 5.50. The molecule has 1 aromatic rings. The maximum absolute atomic E-state index is 12.1. The van der Waals surface area contributed by atoms with Gasteiger partial charge in [0, 0.05) is 32.0 Å². The van der Waals surface area contributed by atoms with Crippen molar-refractivity contribution in [1.82, 2.24) is 4.90 Å². The van der Waals surface area contributed by atoms with E-state index >= 15 is 0 Å². The number of likely N-dealkylation sites (tertiary alicyclic amines) is 1. The summed E-state index contributed by atoms with van der Waals surface area (Å²) in [6, 6.07) is 6.63. The molecule has 1 fully saturated rings.